The molecule has 3 N–H and O–H groups in total. The van der Waals surface area contributed by atoms with E-state index in [4.69, 9.17) is 0 Å². The number of nitrogens with one attached hydrogen (secondary N) is 3. The Morgan fingerprint density at radius 1 is 1.30 bits per heavy atom. The van der Waals surface area contributed by atoms with E-state index >= 15 is 0 Å². The number of rotatable bonds is 6. The van der Waals surface area contributed by atoms with E-state index in [1.54, 1.807) is 6.92 Å². The van der Waals surface area contributed by atoms with Crippen LogP contribution in [0.2, 0.25) is 0 Å². The Bertz CT molecular complexity index is 314. The van der Waals surface area contributed by atoms with Gasteiger partial charge in [-0.15, -0.1) is 0 Å². The topological polar surface area (TPSA) is 73.5 Å². The molecule has 1 rings (SSSR count). The van der Waals surface area contributed by atoms with Gasteiger partial charge in [0.2, 0.25) is 5.91 Å². The van der Waals surface area contributed by atoms with Crippen molar-refractivity contribution in [2.45, 2.75) is 39.2 Å². The second-order valence-electron chi connectivity index (χ2n) is 5.56. The molecule has 1 atom stereocenters. The van der Waals surface area contributed by atoms with Gasteiger partial charge >= 0.3 is 6.03 Å². The third-order valence-electron chi connectivity index (χ3n) is 3.81. The summed E-state index contributed by atoms with van der Waals surface area (Å²) >= 11 is 0. The quantitative estimate of drug-likeness (QED) is 0.666. The molecule has 1 aliphatic rings. The van der Waals surface area contributed by atoms with E-state index in [2.05, 4.69) is 27.9 Å². The van der Waals surface area contributed by atoms with Crippen molar-refractivity contribution >= 4 is 11.9 Å². The summed E-state index contributed by atoms with van der Waals surface area (Å²) in [5.74, 6) is 0.469. The third-order valence-corrected chi connectivity index (χ3v) is 3.81. The van der Waals surface area contributed by atoms with E-state index in [0.29, 0.717) is 6.54 Å². The van der Waals surface area contributed by atoms with Crippen molar-refractivity contribution in [3.8, 4) is 0 Å². The number of imide groups is 1. The number of hydrogen-bond acceptors (Lipinski definition) is 4. The van der Waals surface area contributed by atoms with Gasteiger partial charge in [0.15, 0.2) is 0 Å². The zero-order chi connectivity index (χ0) is 15.0. The van der Waals surface area contributed by atoms with Crippen LogP contribution in [0, 0.1) is 5.92 Å². The molecule has 116 valence electrons. The summed E-state index contributed by atoms with van der Waals surface area (Å²) in [4.78, 5) is 25.3. The average Bonchev–Trinajstić information content (AvgIpc) is 2.41. The molecule has 0 bridgehead atoms. The first kappa shape index (κ1) is 16.9. The molecule has 0 spiro atoms. The lowest BCUT2D eigenvalue weighted by Gasteiger charge is -2.29. The molecule has 0 aromatic rings. The molecular formula is C14H28N4O2. The first-order chi connectivity index (χ1) is 9.52. The Kier molecular flexibility index (Phi) is 7.54. The van der Waals surface area contributed by atoms with Gasteiger partial charge in [0.25, 0.3) is 0 Å². The van der Waals surface area contributed by atoms with Crippen molar-refractivity contribution in [2.75, 3.05) is 33.2 Å². The lowest BCUT2D eigenvalue weighted by atomic mass is 9.94. The maximum absolute atomic E-state index is 11.7. The summed E-state index contributed by atoms with van der Waals surface area (Å²) in [6, 6.07) is -0.773. The van der Waals surface area contributed by atoms with Crippen LogP contribution in [0.15, 0.2) is 0 Å². The Labute approximate surface area is 121 Å². The highest BCUT2D eigenvalue weighted by Gasteiger charge is 2.18. The monoisotopic (exact) mass is 284 g/mol. The number of carbonyl (C=O) groups is 2. The normalized spacial score (nSPS) is 18.6. The molecule has 6 heteroatoms. The number of amides is 3. The van der Waals surface area contributed by atoms with Crippen molar-refractivity contribution in [3.63, 3.8) is 0 Å². The van der Waals surface area contributed by atoms with Crippen LogP contribution in [0.4, 0.5) is 4.79 Å². The van der Waals surface area contributed by atoms with E-state index in [1.165, 1.54) is 12.8 Å². The fraction of sp³-hybridized carbons (Fsp3) is 0.857. The Morgan fingerprint density at radius 3 is 2.55 bits per heavy atom. The van der Waals surface area contributed by atoms with Crippen LogP contribution in [0.1, 0.15) is 33.1 Å². The van der Waals surface area contributed by atoms with Crippen LogP contribution < -0.4 is 16.0 Å². The number of urea groups is 1. The van der Waals surface area contributed by atoms with Crippen LogP contribution >= 0.6 is 0 Å². The standard InChI is InChI=1S/C14H28N4O2/c1-4-15-14(20)17-13(19)11(2)16-8-5-12-6-9-18(3)10-7-12/h11-12,16H,4-10H2,1-3H3,(H2,15,17,19,20). The molecule has 0 aliphatic carbocycles. The van der Waals surface area contributed by atoms with Gasteiger partial charge in [-0.1, -0.05) is 0 Å². The molecule has 1 unspecified atom stereocenters. The number of nitrogens with zero attached hydrogens (tertiary/aromatic N) is 1. The average molecular weight is 284 g/mol. The fourth-order valence-electron chi connectivity index (χ4n) is 2.37. The predicted octanol–water partition coefficient (Wildman–Crippen LogP) is 0.542. The SMILES string of the molecule is CCNC(=O)NC(=O)C(C)NCCC1CCN(C)CC1. The number of likely N-dealkylation sites (tertiary alicyclic amines) is 1. The lowest BCUT2D eigenvalue weighted by Crippen LogP contribution is -2.48. The lowest BCUT2D eigenvalue weighted by molar-refractivity contribution is -0.121. The molecular weight excluding hydrogens is 256 g/mol. The molecule has 0 aromatic heterocycles. The summed E-state index contributed by atoms with van der Waals surface area (Å²) in [5, 5.41) is 8.04. The van der Waals surface area contributed by atoms with Gasteiger partial charge in [-0.25, -0.2) is 4.79 Å². The Balaban J connectivity index is 2.14. The van der Waals surface area contributed by atoms with E-state index in [-0.39, 0.29) is 11.9 Å². The largest absolute Gasteiger partial charge is 0.338 e. The van der Waals surface area contributed by atoms with Crippen molar-refractivity contribution in [2.24, 2.45) is 5.92 Å². The molecule has 1 aliphatic heterocycles. The summed E-state index contributed by atoms with van der Waals surface area (Å²) in [7, 11) is 2.15. The minimum atomic E-state index is -0.429. The molecule has 3 amide bonds. The van der Waals surface area contributed by atoms with Gasteiger partial charge in [0.05, 0.1) is 6.04 Å². The Hall–Kier alpha value is -1.14. The summed E-state index contributed by atoms with van der Waals surface area (Å²) in [6.07, 6.45) is 3.56. The highest BCUT2D eigenvalue weighted by Crippen LogP contribution is 2.18. The zero-order valence-electron chi connectivity index (χ0n) is 12.9. The number of carbonyl (C=O) groups excluding carboxylic acids is 2. The van der Waals surface area contributed by atoms with Crippen LogP contribution in [0.3, 0.4) is 0 Å². The number of piperidine rings is 1. The van der Waals surface area contributed by atoms with Crippen LogP contribution in [-0.2, 0) is 4.79 Å². The van der Waals surface area contributed by atoms with E-state index < -0.39 is 6.03 Å². The van der Waals surface area contributed by atoms with Crippen molar-refractivity contribution in [1.29, 1.82) is 0 Å². The van der Waals surface area contributed by atoms with Gasteiger partial charge in [-0.05, 0) is 65.7 Å². The molecule has 1 heterocycles. The summed E-state index contributed by atoms with van der Waals surface area (Å²) in [6.45, 7) is 7.25. The molecule has 1 saturated heterocycles. The minimum absolute atomic E-state index is 0.278. The predicted molar refractivity (Wildman–Crippen MR) is 79.5 cm³/mol. The highest BCUT2D eigenvalue weighted by molar-refractivity contribution is 5.96. The summed E-state index contributed by atoms with van der Waals surface area (Å²) < 4.78 is 0. The number of hydrogen-bond donors (Lipinski definition) is 3. The van der Waals surface area contributed by atoms with Gasteiger partial charge in [-0.2, -0.15) is 0 Å². The van der Waals surface area contributed by atoms with Crippen molar-refractivity contribution in [3.05, 3.63) is 0 Å². The third kappa shape index (κ3) is 6.34. The van der Waals surface area contributed by atoms with Gasteiger partial charge in [-0.3, -0.25) is 10.1 Å². The van der Waals surface area contributed by atoms with Crippen LogP contribution in [-0.4, -0.2) is 56.1 Å². The minimum Gasteiger partial charge on any atom is -0.338 e. The highest BCUT2D eigenvalue weighted by atomic mass is 16.2. The Morgan fingerprint density at radius 2 is 1.95 bits per heavy atom. The first-order valence-electron chi connectivity index (χ1n) is 7.53. The van der Waals surface area contributed by atoms with E-state index in [1.807, 2.05) is 6.92 Å². The molecule has 6 nitrogen and oxygen atoms in total. The van der Waals surface area contributed by atoms with Gasteiger partial charge in [0.1, 0.15) is 0 Å². The molecule has 20 heavy (non-hydrogen) atoms. The molecule has 0 aromatic carbocycles. The maximum Gasteiger partial charge on any atom is 0.321 e. The fourth-order valence-corrected chi connectivity index (χ4v) is 2.37. The molecule has 1 fully saturated rings. The summed E-state index contributed by atoms with van der Waals surface area (Å²) in [5.41, 5.74) is 0. The van der Waals surface area contributed by atoms with E-state index in [0.717, 1.165) is 32.0 Å². The van der Waals surface area contributed by atoms with Gasteiger partial charge in [0, 0.05) is 6.54 Å². The molecule has 0 saturated carbocycles. The van der Waals surface area contributed by atoms with Crippen molar-refractivity contribution < 1.29 is 9.59 Å². The van der Waals surface area contributed by atoms with Crippen LogP contribution in [0.5, 0.6) is 0 Å². The van der Waals surface area contributed by atoms with Crippen molar-refractivity contribution in [1.82, 2.24) is 20.9 Å². The second kappa shape index (κ2) is 8.92. The smallest absolute Gasteiger partial charge is 0.321 e. The zero-order valence-corrected chi connectivity index (χ0v) is 12.9. The second-order valence-corrected chi connectivity index (χ2v) is 5.56. The van der Waals surface area contributed by atoms with Gasteiger partial charge < -0.3 is 15.5 Å². The first-order valence-corrected chi connectivity index (χ1v) is 7.53. The molecule has 0 radical (unpaired) electrons. The van der Waals surface area contributed by atoms with E-state index in [9.17, 15) is 9.59 Å². The maximum atomic E-state index is 11.7. The van der Waals surface area contributed by atoms with Crippen LogP contribution in [0.25, 0.3) is 0 Å².